The van der Waals surface area contributed by atoms with Crippen molar-refractivity contribution in [2.24, 2.45) is 5.41 Å². The highest BCUT2D eigenvalue weighted by Crippen LogP contribution is 2.22. The first-order valence-corrected chi connectivity index (χ1v) is 5.93. The van der Waals surface area contributed by atoms with Gasteiger partial charge in [-0.15, -0.1) is 0 Å². The molecule has 2 N–H and O–H groups in total. The molecule has 94 valence electrons. The van der Waals surface area contributed by atoms with Crippen LogP contribution in [0.15, 0.2) is 30.3 Å². The number of hydrogen-bond donors (Lipinski definition) is 2. The summed E-state index contributed by atoms with van der Waals surface area (Å²) in [5.74, 6) is -0.793. The first-order chi connectivity index (χ1) is 7.88. The van der Waals surface area contributed by atoms with Crippen molar-refractivity contribution >= 4 is 11.7 Å². The topological polar surface area (TPSA) is 49.3 Å². The second-order valence-corrected chi connectivity index (χ2v) is 5.50. The van der Waals surface area contributed by atoms with Gasteiger partial charge in [-0.1, -0.05) is 39.0 Å². The molecule has 0 bridgehead atoms. The Kier molecular flexibility index (Phi) is 4.55. The lowest BCUT2D eigenvalue weighted by atomic mass is 9.88. The second-order valence-electron chi connectivity index (χ2n) is 5.50. The molecule has 1 aromatic carbocycles. The van der Waals surface area contributed by atoms with Crippen molar-refractivity contribution in [1.29, 1.82) is 0 Å². The van der Waals surface area contributed by atoms with E-state index in [0.29, 0.717) is 6.42 Å². The molecule has 0 saturated heterocycles. The lowest BCUT2D eigenvalue weighted by Crippen LogP contribution is -2.30. The van der Waals surface area contributed by atoms with Gasteiger partial charge in [-0.3, -0.25) is 0 Å². The van der Waals surface area contributed by atoms with E-state index >= 15 is 0 Å². The predicted octanol–water partition coefficient (Wildman–Crippen LogP) is 3.38. The minimum atomic E-state index is -0.793. The van der Waals surface area contributed by atoms with Crippen LogP contribution < -0.4 is 5.32 Å². The highest BCUT2D eigenvalue weighted by molar-refractivity contribution is 5.77. The van der Waals surface area contributed by atoms with Gasteiger partial charge in [0.05, 0.1) is 0 Å². The van der Waals surface area contributed by atoms with E-state index in [1.54, 1.807) is 0 Å². The van der Waals surface area contributed by atoms with E-state index in [2.05, 4.69) is 26.1 Å². The Bertz CT molecular complexity index is 354. The maximum Gasteiger partial charge on any atom is 0.326 e. The first kappa shape index (κ1) is 13.6. The van der Waals surface area contributed by atoms with E-state index in [4.69, 9.17) is 5.11 Å². The molecule has 0 heterocycles. The number of carboxylic acid groups (broad SMARTS) is 1. The van der Waals surface area contributed by atoms with Gasteiger partial charge in [-0.25, -0.2) is 4.79 Å². The number of carboxylic acids is 1. The van der Waals surface area contributed by atoms with E-state index in [1.165, 1.54) is 0 Å². The zero-order valence-electron chi connectivity index (χ0n) is 10.7. The van der Waals surface area contributed by atoms with Crippen LogP contribution in [0.3, 0.4) is 0 Å². The molecule has 17 heavy (non-hydrogen) atoms. The van der Waals surface area contributed by atoms with Gasteiger partial charge in [0.15, 0.2) is 0 Å². The number of carbonyl (C=O) groups is 1. The van der Waals surface area contributed by atoms with Crippen LogP contribution in [0.4, 0.5) is 5.69 Å². The number of para-hydroxylation sites is 1. The summed E-state index contributed by atoms with van der Waals surface area (Å²) in [7, 11) is 0. The van der Waals surface area contributed by atoms with E-state index in [9.17, 15) is 4.79 Å². The fraction of sp³-hybridized carbons (Fsp3) is 0.500. The Labute approximate surface area is 103 Å². The van der Waals surface area contributed by atoms with Crippen molar-refractivity contribution in [2.75, 3.05) is 5.32 Å². The Morgan fingerprint density at radius 3 is 2.35 bits per heavy atom. The lowest BCUT2D eigenvalue weighted by Gasteiger charge is -2.22. The van der Waals surface area contributed by atoms with Crippen molar-refractivity contribution in [1.82, 2.24) is 0 Å². The number of anilines is 1. The summed E-state index contributed by atoms with van der Waals surface area (Å²) in [6, 6.07) is 8.95. The highest BCUT2D eigenvalue weighted by Gasteiger charge is 2.20. The van der Waals surface area contributed by atoms with Gasteiger partial charge >= 0.3 is 5.97 Å². The number of aliphatic carboxylic acids is 1. The Morgan fingerprint density at radius 2 is 1.88 bits per heavy atom. The summed E-state index contributed by atoms with van der Waals surface area (Å²) in [4.78, 5) is 11.2. The van der Waals surface area contributed by atoms with Crippen LogP contribution in [0.25, 0.3) is 0 Å². The molecule has 0 fully saturated rings. The van der Waals surface area contributed by atoms with Crippen molar-refractivity contribution < 1.29 is 9.90 Å². The minimum absolute atomic E-state index is 0.159. The first-order valence-electron chi connectivity index (χ1n) is 5.93. The summed E-state index contributed by atoms with van der Waals surface area (Å²) in [6.07, 6.45) is 1.51. The van der Waals surface area contributed by atoms with Crippen LogP contribution in [0, 0.1) is 5.41 Å². The van der Waals surface area contributed by atoms with Crippen molar-refractivity contribution in [2.45, 2.75) is 39.7 Å². The summed E-state index contributed by atoms with van der Waals surface area (Å²) < 4.78 is 0. The smallest absolute Gasteiger partial charge is 0.326 e. The third kappa shape index (κ3) is 5.38. The van der Waals surface area contributed by atoms with Gasteiger partial charge in [-0.05, 0) is 30.4 Å². The third-order valence-corrected chi connectivity index (χ3v) is 2.60. The summed E-state index contributed by atoms with van der Waals surface area (Å²) in [6.45, 7) is 6.36. The molecule has 0 aliphatic heterocycles. The van der Waals surface area contributed by atoms with Crippen LogP contribution >= 0.6 is 0 Å². The fourth-order valence-electron chi connectivity index (χ4n) is 1.57. The van der Waals surface area contributed by atoms with Crippen LogP contribution in [0.5, 0.6) is 0 Å². The Hall–Kier alpha value is -1.51. The largest absolute Gasteiger partial charge is 0.480 e. The maximum absolute atomic E-state index is 11.2. The summed E-state index contributed by atoms with van der Waals surface area (Å²) in [5, 5.41) is 12.2. The molecule has 0 saturated carbocycles. The van der Waals surface area contributed by atoms with E-state index < -0.39 is 12.0 Å². The summed E-state index contributed by atoms with van der Waals surface area (Å²) >= 11 is 0. The molecule has 0 radical (unpaired) electrons. The predicted molar refractivity (Wildman–Crippen MR) is 70.2 cm³/mol. The molecular formula is C14H21NO2. The highest BCUT2D eigenvalue weighted by atomic mass is 16.4. The maximum atomic E-state index is 11.2. The van der Waals surface area contributed by atoms with Crippen LogP contribution in [0.2, 0.25) is 0 Å². The van der Waals surface area contributed by atoms with E-state index in [1.807, 2.05) is 30.3 Å². The summed E-state index contributed by atoms with van der Waals surface area (Å²) in [5.41, 5.74) is 1.01. The molecular weight excluding hydrogens is 214 g/mol. The average Bonchev–Trinajstić information content (AvgIpc) is 2.24. The fourth-order valence-corrected chi connectivity index (χ4v) is 1.57. The standard InChI is InChI=1S/C14H21NO2/c1-14(2,3)10-9-12(13(16)17)15-11-7-5-4-6-8-11/h4-8,12,15H,9-10H2,1-3H3,(H,16,17)/t12-/m0/s1. The SMILES string of the molecule is CC(C)(C)CC[C@H](Nc1ccccc1)C(=O)O. The molecule has 0 aromatic heterocycles. The van der Waals surface area contributed by atoms with Crippen molar-refractivity contribution in [3.63, 3.8) is 0 Å². The Balaban J connectivity index is 2.59. The quantitative estimate of drug-likeness (QED) is 0.822. The molecule has 0 aliphatic carbocycles. The third-order valence-electron chi connectivity index (χ3n) is 2.60. The van der Waals surface area contributed by atoms with Gasteiger partial charge in [0.2, 0.25) is 0 Å². The van der Waals surface area contributed by atoms with Gasteiger partial charge in [-0.2, -0.15) is 0 Å². The Morgan fingerprint density at radius 1 is 1.29 bits per heavy atom. The number of nitrogens with one attached hydrogen (secondary N) is 1. The molecule has 0 amide bonds. The zero-order chi connectivity index (χ0) is 12.9. The van der Waals surface area contributed by atoms with Gasteiger partial charge in [0.1, 0.15) is 6.04 Å². The second kappa shape index (κ2) is 5.71. The number of benzene rings is 1. The van der Waals surface area contributed by atoms with Crippen molar-refractivity contribution in [3.8, 4) is 0 Å². The molecule has 0 unspecified atom stereocenters. The molecule has 1 atom stereocenters. The van der Waals surface area contributed by atoms with Gasteiger partial charge in [0.25, 0.3) is 0 Å². The molecule has 1 rings (SSSR count). The van der Waals surface area contributed by atoms with Crippen LogP contribution in [0.1, 0.15) is 33.6 Å². The van der Waals surface area contributed by atoms with Gasteiger partial charge in [0, 0.05) is 5.69 Å². The van der Waals surface area contributed by atoms with Crippen LogP contribution in [-0.4, -0.2) is 17.1 Å². The van der Waals surface area contributed by atoms with E-state index in [-0.39, 0.29) is 5.41 Å². The minimum Gasteiger partial charge on any atom is -0.480 e. The zero-order valence-corrected chi connectivity index (χ0v) is 10.7. The molecule has 0 spiro atoms. The molecule has 0 aliphatic rings. The molecule has 1 aromatic rings. The number of hydrogen-bond acceptors (Lipinski definition) is 2. The monoisotopic (exact) mass is 235 g/mol. The normalized spacial score (nSPS) is 13.1. The average molecular weight is 235 g/mol. The molecule has 3 nitrogen and oxygen atoms in total. The lowest BCUT2D eigenvalue weighted by molar-refractivity contribution is -0.138. The van der Waals surface area contributed by atoms with Gasteiger partial charge < -0.3 is 10.4 Å². The number of rotatable bonds is 5. The van der Waals surface area contributed by atoms with Crippen LogP contribution in [-0.2, 0) is 4.79 Å². The van der Waals surface area contributed by atoms with E-state index in [0.717, 1.165) is 12.1 Å². The van der Waals surface area contributed by atoms with Crippen molar-refractivity contribution in [3.05, 3.63) is 30.3 Å². The molecule has 3 heteroatoms.